The predicted octanol–water partition coefficient (Wildman–Crippen LogP) is 8.36. The first-order chi connectivity index (χ1) is 18.3. The minimum absolute atomic E-state index is 0.545. The Kier molecular flexibility index (Phi) is 5.19. The Morgan fingerprint density at radius 2 is 1.30 bits per heavy atom. The summed E-state index contributed by atoms with van der Waals surface area (Å²) in [5.41, 5.74) is 7.57. The van der Waals surface area contributed by atoms with Gasteiger partial charge in [-0.25, -0.2) is 4.98 Å². The zero-order valence-corrected chi connectivity index (χ0v) is 20.7. The van der Waals surface area contributed by atoms with Gasteiger partial charge in [0.1, 0.15) is 16.5 Å². The summed E-state index contributed by atoms with van der Waals surface area (Å²) in [6.45, 7) is 0. The molecule has 0 unspecified atom stereocenters. The van der Waals surface area contributed by atoms with Gasteiger partial charge < -0.3 is 4.74 Å². The molecule has 4 aromatic carbocycles. The van der Waals surface area contributed by atoms with Crippen LogP contribution in [0.5, 0.6) is 11.5 Å². The zero-order chi connectivity index (χ0) is 24.7. The quantitative estimate of drug-likeness (QED) is 0.241. The maximum Gasteiger partial charge on any atom is 0.128 e. The maximum absolute atomic E-state index is 6.43. The van der Waals surface area contributed by atoms with Crippen molar-refractivity contribution in [3.05, 3.63) is 155 Å². The molecule has 0 aliphatic heterocycles. The van der Waals surface area contributed by atoms with Crippen LogP contribution in [0.25, 0.3) is 21.7 Å². The molecule has 0 radical (unpaired) electrons. The highest BCUT2D eigenvalue weighted by atomic mass is 32.1. The van der Waals surface area contributed by atoms with Crippen LogP contribution in [-0.4, -0.2) is 9.97 Å². The standard InChI is InChI=1S/C33H22N2OS/c1-3-15-29-27(13-1)28-14-2-4-16-30(28)33(29,31-17-5-6-18-34-31)24-10-8-12-26(22-24)36-25-11-7-9-23(21-25)32-35-19-20-37-32/h1-22H. The Morgan fingerprint density at radius 3 is 2.00 bits per heavy atom. The number of ether oxygens (including phenoxy) is 1. The lowest BCUT2D eigenvalue weighted by Crippen LogP contribution is -2.29. The Balaban J connectivity index is 1.40. The number of rotatable bonds is 5. The molecule has 0 bridgehead atoms. The van der Waals surface area contributed by atoms with Gasteiger partial charge in [-0.3, -0.25) is 4.98 Å². The third-order valence-electron chi connectivity index (χ3n) is 7.02. The molecule has 3 nitrogen and oxygen atoms in total. The van der Waals surface area contributed by atoms with Gasteiger partial charge in [0, 0.05) is 23.3 Å². The van der Waals surface area contributed by atoms with Crippen LogP contribution in [-0.2, 0) is 5.41 Å². The van der Waals surface area contributed by atoms with Crippen molar-refractivity contribution in [1.29, 1.82) is 0 Å². The average molecular weight is 495 g/mol. The molecule has 0 atom stereocenters. The van der Waals surface area contributed by atoms with E-state index in [1.54, 1.807) is 11.3 Å². The Bertz CT molecular complexity index is 1660. The van der Waals surface area contributed by atoms with Gasteiger partial charge in [0.15, 0.2) is 0 Å². The van der Waals surface area contributed by atoms with Gasteiger partial charge >= 0.3 is 0 Å². The molecule has 6 aromatic rings. The molecule has 2 aromatic heterocycles. The molecule has 0 fully saturated rings. The Morgan fingerprint density at radius 1 is 0.595 bits per heavy atom. The lowest BCUT2D eigenvalue weighted by Gasteiger charge is -2.32. The van der Waals surface area contributed by atoms with Crippen molar-refractivity contribution >= 4 is 11.3 Å². The molecule has 37 heavy (non-hydrogen) atoms. The second-order valence-electron chi connectivity index (χ2n) is 9.05. The van der Waals surface area contributed by atoms with Crippen LogP contribution in [0, 0.1) is 0 Å². The number of thiazole rings is 1. The van der Waals surface area contributed by atoms with E-state index in [0.717, 1.165) is 33.3 Å². The first kappa shape index (κ1) is 21.7. The van der Waals surface area contributed by atoms with E-state index in [9.17, 15) is 0 Å². The molecule has 1 aliphatic carbocycles. The first-order valence-corrected chi connectivity index (χ1v) is 13.1. The van der Waals surface area contributed by atoms with E-state index in [4.69, 9.17) is 9.72 Å². The summed E-state index contributed by atoms with van der Waals surface area (Å²) in [5, 5.41) is 2.97. The zero-order valence-electron chi connectivity index (χ0n) is 19.9. The fourth-order valence-corrected chi connectivity index (χ4v) is 6.18. The second-order valence-corrected chi connectivity index (χ2v) is 9.95. The largest absolute Gasteiger partial charge is 0.457 e. The number of aromatic nitrogens is 2. The fourth-order valence-electron chi connectivity index (χ4n) is 5.54. The average Bonchev–Trinajstić information content (AvgIpc) is 3.60. The number of nitrogens with zero attached hydrogens (tertiary/aromatic N) is 2. The van der Waals surface area contributed by atoms with Gasteiger partial charge in [-0.2, -0.15) is 0 Å². The molecule has 1 aliphatic rings. The van der Waals surface area contributed by atoms with Crippen LogP contribution in [0.4, 0.5) is 0 Å². The number of hydrogen-bond donors (Lipinski definition) is 0. The van der Waals surface area contributed by atoms with E-state index in [1.807, 2.05) is 48.1 Å². The molecule has 0 saturated heterocycles. The van der Waals surface area contributed by atoms with Crippen molar-refractivity contribution in [2.24, 2.45) is 0 Å². The fraction of sp³-hybridized carbons (Fsp3) is 0.0303. The van der Waals surface area contributed by atoms with E-state index < -0.39 is 5.41 Å². The van der Waals surface area contributed by atoms with Crippen molar-refractivity contribution in [3.63, 3.8) is 0 Å². The molecule has 7 rings (SSSR count). The van der Waals surface area contributed by atoms with Crippen LogP contribution in [0.3, 0.4) is 0 Å². The highest BCUT2D eigenvalue weighted by Gasteiger charge is 2.47. The van der Waals surface area contributed by atoms with Gasteiger partial charge in [0.2, 0.25) is 0 Å². The van der Waals surface area contributed by atoms with E-state index >= 15 is 0 Å². The summed E-state index contributed by atoms with van der Waals surface area (Å²) in [5.74, 6) is 1.56. The van der Waals surface area contributed by atoms with E-state index in [1.165, 1.54) is 22.3 Å². The number of hydrogen-bond acceptors (Lipinski definition) is 4. The molecule has 0 saturated carbocycles. The van der Waals surface area contributed by atoms with E-state index in [0.29, 0.717) is 0 Å². The number of pyridine rings is 1. The van der Waals surface area contributed by atoms with Crippen molar-refractivity contribution in [2.75, 3.05) is 0 Å². The van der Waals surface area contributed by atoms with Gasteiger partial charge in [0.25, 0.3) is 0 Å². The molecule has 4 heteroatoms. The summed E-state index contributed by atoms with van der Waals surface area (Å²) in [7, 11) is 0. The summed E-state index contributed by atoms with van der Waals surface area (Å²) < 4.78 is 6.43. The smallest absolute Gasteiger partial charge is 0.128 e. The maximum atomic E-state index is 6.43. The third kappa shape index (κ3) is 3.49. The molecule has 0 spiro atoms. The van der Waals surface area contributed by atoms with Gasteiger partial charge in [0.05, 0.1) is 11.1 Å². The van der Waals surface area contributed by atoms with Gasteiger partial charge in [-0.1, -0.05) is 78.9 Å². The minimum atomic E-state index is -0.545. The van der Waals surface area contributed by atoms with Crippen molar-refractivity contribution in [2.45, 2.75) is 5.41 Å². The normalized spacial score (nSPS) is 13.1. The highest BCUT2D eigenvalue weighted by molar-refractivity contribution is 7.13. The lowest BCUT2D eigenvalue weighted by molar-refractivity contribution is 0.481. The van der Waals surface area contributed by atoms with Crippen LogP contribution in [0.2, 0.25) is 0 Å². The van der Waals surface area contributed by atoms with Crippen molar-refractivity contribution in [1.82, 2.24) is 9.97 Å². The third-order valence-corrected chi connectivity index (χ3v) is 7.84. The molecule has 0 N–H and O–H groups in total. The molecular formula is C33H22N2OS. The van der Waals surface area contributed by atoms with Crippen LogP contribution < -0.4 is 4.74 Å². The second kappa shape index (κ2) is 8.84. The number of fused-ring (bicyclic) bond motifs is 3. The van der Waals surface area contributed by atoms with Gasteiger partial charge in [-0.15, -0.1) is 11.3 Å². The molecule has 2 heterocycles. The highest BCUT2D eigenvalue weighted by Crippen LogP contribution is 2.55. The first-order valence-electron chi connectivity index (χ1n) is 12.2. The van der Waals surface area contributed by atoms with Crippen LogP contribution in [0.15, 0.2) is 133 Å². The van der Waals surface area contributed by atoms with Gasteiger partial charge in [-0.05, 0) is 64.2 Å². The van der Waals surface area contributed by atoms with Crippen molar-refractivity contribution < 1.29 is 4.74 Å². The molecular weight excluding hydrogens is 472 g/mol. The van der Waals surface area contributed by atoms with Crippen LogP contribution >= 0.6 is 11.3 Å². The van der Waals surface area contributed by atoms with E-state index in [-0.39, 0.29) is 0 Å². The SMILES string of the molecule is c1ccc(C2(c3cccc(Oc4cccc(-c5nccs5)c4)c3)c3ccccc3-c3ccccc32)nc1. The summed E-state index contributed by atoms with van der Waals surface area (Å²) in [4.78, 5) is 9.36. The Labute approximate surface area is 219 Å². The number of benzene rings is 4. The minimum Gasteiger partial charge on any atom is -0.457 e. The van der Waals surface area contributed by atoms with Crippen molar-refractivity contribution in [3.8, 4) is 33.2 Å². The lowest BCUT2D eigenvalue weighted by atomic mass is 9.70. The van der Waals surface area contributed by atoms with E-state index in [2.05, 4.69) is 89.9 Å². The molecule has 0 amide bonds. The summed E-state index contributed by atoms with van der Waals surface area (Å²) in [6, 6.07) is 40.0. The summed E-state index contributed by atoms with van der Waals surface area (Å²) in [6.07, 6.45) is 3.70. The monoisotopic (exact) mass is 494 g/mol. The molecule has 176 valence electrons. The van der Waals surface area contributed by atoms with Crippen LogP contribution in [0.1, 0.15) is 22.4 Å². The predicted molar refractivity (Wildman–Crippen MR) is 149 cm³/mol. The topological polar surface area (TPSA) is 35.0 Å². The Hall–Kier alpha value is -4.54. The summed E-state index contributed by atoms with van der Waals surface area (Å²) >= 11 is 1.62.